The summed E-state index contributed by atoms with van der Waals surface area (Å²) < 4.78 is 0. The van der Waals surface area contributed by atoms with Crippen molar-refractivity contribution in [3.05, 3.63) is 54.1 Å². The van der Waals surface area contributed by atoms with Crippen LogP contribution in [0, 0.1) is 0 Å². The van der Waals surface area contributed by atoms with Gasteiger partial charge in [0.25, 0.3) is 0 Å². The fraction of sp³-hybridized carbons (Fsp3) is 0. The van der Waals surface area contributed by atoms with Gasteiger partial charge in [-0.3, -0.25) is 4.79 Å². The molecule has 82 valence electrons. The summed E-state index contributed by atoms with van der Waals surface area (Å²) in [7, 11) is 0. The van der Waals surface area contributed by atoms with Crippen molar-refractivity contribution >= 4 is 34.2 Å². The minimum absolute atomic E-state index is 0.697. The standard InChI is InChI=1S/C15H11NO/c1-2-10-3-5-14-12(7-10)13-8-11(9-17)4-6-15(13)16-14/h2-9,16H,1H2. The number of aldehydes is 1. The topological polar surface area (TPSA) is 32.9 Å². The number of nitrogens with one attached hydrogen (secondary N) is 1. The Bertz CT molecular complexity index is 675. The summed E-state index contributed by atoms with van der Waals surface area (Å²) in [6, 6.07) is 11.8. The van der Waals surface area contributed by atoms with E-state index in [0.717, 1.165) is 33.7 Å². The zero-order chi connectivity index (χ0) is 11.8. The van der Waals surface area contributed by atoms with E-state index in [9.17, 15) is 4.79 Å². The molecule has 2 heteroatoms. The molecule has 0 saturated heterocycles. The van der Waals surface area contributed by atoms with Gasteiger partial charge in [-0.2, -0.15) is 0 Å². The Morgan fingerprint density at radius 1 is 0.941 bits per heavy atom. The molecular weight excluding hydrogens is 210 g/mol. The molecule has 0 radical (unpaired) electrons. The van der Waals surface area contributed by atoms with Crippen LogP contribution in [0.2, 0.25) is 0 Å². The van der Waals surface area contributed by atoms with E-state index in [1.54, 1.807) is 0 Å². The number of hydrogen-bond donors (Lipinski definition) is 1. The Kier molecular flexibility index (Phi) is 2.08. The fourth-order valence-electron chi connectivity index (χ4n) is 2.13. The predicted molar refractivity (Wildman–Crippen MR) is 71.3 cm³/mol. The average Bonchev–Trinajstić information content (AvgIpc) is 2.75. The van der Waals surface area contributed by atoms with Gasteiger partial charge in [-0.05, 0) is 35.9 Å². The van der Waals surface area contributed by atoms with Crippen LogP contribution in [0.15, 0.2) is 43.0 Å². The number of hydrogen-bond acceptors (Lipinski definition) is 1. The van der Waals surface area contributed by atoms with E-state index >= 15 is 0 Å². The normalized spacial score (nSPS) is 10.8. The number of rotatable bonds is 2. The van der Waals surface area contributed by atoms with Crippen molar-refractivity contribution in [2.24, 2.45) is 0 Å². The second kappa shape index (κ2) is 3.59. The molecule has 3 rings (SSSR count). The van der Waals surface area contributed by atoms with Crippen LogP contribution in [-0.4, -0.2) is 11.3 Å². The highest BCUT2D eigenvalue weighted by Crippen LogP contribution is 2.27. The van der Waals surface area contributed by atoms with Crippen LogP contribution in [0.4, 0.5) is 0 Å². The summed E-state index contributed by atoms with van der Waals surface area (Å²) in [4.78, 5) is 14.1. The predicted octanol–water partition coefficient (Wildman–Crippen LogP) is 3.78. The van der Waals surface area contributed by atoms with Crippen molar-refractivity contribution < 1.29 is 4.79 Å². The Hall–Kier alpha value is -2.35. The van der Waals surface area contributed by atoms with Gasteiger partial charge in [0.2, 0.25) is 0 Å². The molecule has 1 aromatic heterocycles. The van der Waals surface area contributed by atoms with Crippen LogP contribution >= 0.6 is 0 Å². The molecule has 17 heavy (non-hydrogen) atoms. The first-order chi connectivity index (χ1) is 8.31. The largest absolute Gasteiger partial charge is 0.355 e. The number of fused-ring (bicyclic) bond motifs is 3. The van der Waals surface area contributed by atoms with Crippen molar-refractivity contribution in [2.45, 2.75) is 0 Å². The monoisotopic (exact) mass is 221 g/mol. The number of H-pyrrole nitrogens is 1. The smallest absolute Gasteiger partial charge is 0.150 e. The lowest BCUT2D eigenvalue weighted by atomic mass is 10.1. The van der Waals surface area contributed by atoms with Crippen molar-refractivity contribution in [3.8, 4) is 0 Å². The molecule has 0 atom stereocenters. The van der Waals surface area contributed by atoms with E-state index in [-0.39, 0.29) is 0 Å². The number of aromatic nitrogens is 1. The zero-order valence-electron chi connectivity index (χ0n) is 9.23. The van der Waals surface area contributed by atoms with Gasteiger partial charge >= 0.3 is 0 Å². The molecule has 1 N–H and O–H groups in total. The van der Waals surface area contributed by atoms with Crippen LogP contribution in [0.1, 0.15) is 15.9 Å². The van der Waals surface area contributed by atoms with Gasteiger partial charge in [-0.1, -0.05) is 18.7 Å². The molecule has 0 bridgehead atoms. The summed E-state index contributed by atoms with van der Waals surface area (Å²) in [5.41, 5.74) is 3.90. The van der Waals surface area contributed by atoms with Crippen molar-refractivity contribution in [3.63, 3.8) is 0 Å². The molecular formula is C15H11NO. The molecule has 0 spiro atoms. The first-order valence-corrected chi connectivity index (χ1v) is 5.45. The highest BCUT2D eigenvalue weighted by Gasteiger charge is 2.05. The maximum absolute atomic E-state index is 10.8. The Morgan fingerprint density at radius 2 is 1.53 bits per heavy atom. The number of carbonyl (C=O) groups is 1. The average molecular weight is 221 g/mol. The fourth-order valence-corrected chi connectivity index (χ4v) is 2.13. The van der Waals surface area contributed by atoms with Crippen LogP contribution < -0.4 is 0 Å². The third-order valence-corrected chi connectivity index (χ3v) is 3.02. The van der Waals surface area contributed by atoms with Crippen LogP contribution in [0.3, 0.4) is 0 Å². The molecule has 0 aliphatic heterocycles. The second-order valence-corrected chi connectivity index (χ2v) is 4.06. The Balaban J connectivity index is 2.45. The molecule has 0 aliphatic carbocycles. The third-order valence-electron chi connectivity index (χ3n) is 3.02. The van der Waals surface area contributed by atoms with Crippen molar-refractivity contribution in [1.82, 2.24) is 4.98 Å². The third kappa shape index (κ3) is 1.46. The van der Waals surface area contributed by atoms with Crippen LogP contribution in [0.5, 0.6) is 0 Å². The molecule has 0 saturated carbocycles. The lowest BCUT2D eigenvalue weighted by molar-refractivity contribution is 0.112. The zero-order valence-corrected chi connectivity index (χ0v) is 9.23. The maximum Gasteiger partial charge on any atom is 0.150 e. The number of benzene rings is 2. The van der Waals surface area contributed by atoms with Crippen LogP contribution in [0.25, 0.3) is 27.9 Å². The van der Waals surface area contributed by atoms with Gasteiger partial charge in [-0.15, -0.1) is 0 Å². The quantitative estimate of drug-likeness (QED) is 0.656. The van der Waals surface area contributed by atoms with Crippen LogP contribution in [-0.2, 0) is 0 Å². The lowest BCUT2D eigenvalue weighted by Crippen LogP contribution is -1.77. The Morgan fingerprint density at radius 3 is 2.12 bits per heavy atom. The summed E-state index contributed by atoms with van der Waals surface area (Å²) in [6.07, 6.45) is 2.69. The van der Waals surface area contributed by atoms with Crippen molar-refractivity contribution in [2.75, 3.05) is 0 Å². The first-order valence-electron chi connectivity index (χ1n) is 5.45. The second-order valence-electron chi connectivity index (χ2n) is 4.06. The SMILES string of the molecule is C=Cc1ccc2[nH]c3ccc(C=O)cc3c2c1. The van der Waals surface area contributed by atoms with E-state index < -0.39 is 0 Å². The Labute approximate surface area is 98.6 Å². The molecule has 0 aliphatic rings. The minimum atomic E-state index is 0.697. The van der Waals surface area contributed by atoms with E-state index in [4.69, 9.17) is 0 Å². The minimum Gasteiger partial charge on any atom is -0.355 e. The van der Waals surface area contributed by atoms with E-state index in [1.807, 2.05) is 36.4 Å². The molecule has 3 aromatic rings. The van der Waals surface area contributed by atoms with Gasteiger partial charge in [0.15, 0.2) is 0 Å². The van der Waals surface area contributed by atoms with Gasteiger partial charge < -0.3 is 4.98 Å². The summed E-state index contributed by atoms with van der Waals surface area (Å²) in [5, 5.41) is 2.20. The lowest BCUT2D eigenvalue weighted by Gasteiger charge is -1.95. The molecule has 0 amide bonds. The number of carbonyl (C=O) groups excluding carboxylic acids is 1. The van der Waals surface area contributed by atoms with Crippen molar-refractivity contribution in [1.29, 1.82) is 0 Å². The molecule has 0 fully saturated rings. The van der Waals surface area contributed by atoms with Gasteiger partial charge in [0, 0.05) is 27.4 Å². The summed E-state index contributed by atoms with van der Waals surface area (Å²) in [5.74, 6) is 0. The maximum atomic E-state index is 10.8. The van der Waals surface area contributed by atoms with E-state index in [2.05, 4.69) is 17.6 Å². The molecule has 2 aromatic carbocycles. The molecule has 1 heterocycles. The van der Waals surface area contributed by atoms with Gasteiger partial charge in [0.05, 0.1) is 0 Å². The number of aromatic amines is 1. The summed E-state index contributed by atoms with van der Waals surface area (Å²) in [6.45, 7) is 3.77. The first kappa shape index (κ1) is 9.85. The highest BCUT2D eigenvalue weighted by atomic mass is 16.1. The summed E-state index contributed by atoms with van der Waals surface area (Å²) >= 11 is 0. The van der Waals surface area contributed by atoms with E-state index in [0.29, 0.717) is 5.56 Å². The molecule has 2 nitrogen and oxygen atoms in total. The van der Waals surface area contributed by atoms with E-state index in [1.165, 1.54) is 0 Å². The highest BCUT2D eigenvalue weighted by molar-refractivity contribution is 6.09. The van der Waals surface area contributed by atoms with Gasteiger partial charge in [-0.25, -0.2) is 0 Å². The van der Waals surface area contributed by atoms with Gasteiger partial charge in [0.1, 0.15) is 6.29 Å². The molecule has 0 unspecified atom stereocenters.